The molecule has 1 N–H and O–H groups in total. The third-order valence-corrected chi connectivity index (χ3v) is 4.76. The first-order chi connectivity index (χ1) is 12.6. The van der Waals surface area contributed by atoms with Crippen LogP contribution in [0, 0.1) is 0 Å². The predicted octanol–water partition coefficient (Wildman–Crippen LogP) is 4.73. The summed E-state index contributed by atoms with van der Waals surface area (Å²) in [5, 5.41) is 3.61. The van der Waals surface area contributed by atoms with Crippen molar-refractivity contribution in [1.29, 1.82) is 0 Å². The number of anilines is 3. The van der Waals surface area contributed by atoms with Crippen molar-refractivity contribution in [2.75, 3.05) is 16.8 Å². The summed E-state index contributed by atoms with van der Waals surface area (Å²) in [5.41, 5.74) is 3.22. The smallest absolute Gasteiger partial charge is 0.258 e. The monoisotopic (exact) mass is 384 g/mol. The zero-order valence-electron chi connectivity index (χ0n) is 13.6. The van der Waals surface area contributed by atoms with Gasteiger partial charge in [0.15, 0.2) is 0 Å². The van der Waals surface area contributed by atoms with Crippen molar-refractivity contribution in [3.63, 3.8) is 0 Å². The fraction of sp³-hybridized carbons (Fsp3) is 0.105. The first-order valence-corrected chi connectivity index (χ1v) is 8.81. The molecule has 1 aliphatic heterocycles. The Morgan fingerprint density at radius 3 is 2.62 bits per heavy atom. The van der Waals surface area contributed by atoms with Gasteiger partial charge in [0, 0.05) is 29.6 Å². The molecule has 0 aliphatic carbocycles. The summed E-state index contributed by atoms with van der Waals surface area (Å²) in [5.74, 6) is 0.249. The maximum absolute atomic E-state index is 12.4. The molecule has 0 atom stereocenters. The third-order valence-electron chi connectivity index (χ3n) is 4.21. The molecule has 0 unspecified atom stereocenters. The normalized spacial score (nSPS) is 12.8. The molecule has 0 saturated heterocycles. The summed E-state index contributed by atoms with van der Waals surface area (Å²) < 4.78 is 0. The Morgan fingerprint density at radius 2 is 1.85 bits per heavy atom. The molecule has 2 heterocycles. The number of rotatable bonds is 3. The van der Waals surface area contributed by atoms with E-state index in [1.165, 1.54) is 18.0 Å². The van der Waals surface area contributed by atoms with Gasteiger partial charge in [-0.05, 0) is 36.2 Å². The second kappa shape index (κ2) is 6.94. The van der Waals surface area contributed by atoms with Gasteiger partial charge in [-0.2, -0.15) is 0 Å². The van der Waals surface area contributed by atoms with E-state index in [9.17, 15) is 4.79 Å². The Hall–Kier alpha value is -2.63. The van der Waals surface area contributed by atoms with Crippen molar-refractivity contribution in [3.8, 4) is 0 Å². The van der Waals surface area contributed by atoms with E-state index in [2.05, 4.69) is 27.4 Å². The summed E-state index contributed by atoms with van der Waals surface area (Å²) in [6.07, 6.45) is 3.99. The quantitative estimate of drug-likeness (QED) is 0.708. The van der Waals surface area contributed by atoms with E-state index >= 15 is 0 Å². The summed E-state index contributed by atoms with van der Waals surface area (Å²) in [6, 6.07) is 13.1. The van der Waals surface area contributed by atoms with Gasteiger partial charge in [-0.25, -0.2) is 9.97 Å². The summed E-state index contributed by atoms with van der Waals surface area (Å²) >= 11 is 11.9. The van der Waals surface area contributed by atoms with Gasteiger partial charge in [0.05, 0.1) is 16.3 Å². The van der Waals surface area contributed by atoms with Gasteiger partial charge in [0.1, 0.15) is 0 Å². The lowest BCUT2D eigenvalue weighted by Gasteiger charge is -2.17. The number of para-hydroxylation sites is 1. The van der Waals surface area contributed by atoms with E-state index in [0.717, 1.165) is 18.7 Å². The number of fused-ring (bicyclic) bond motifs is 1. The molecule has 0 spiro atoms. The number of amides is 1. The van der Waals surface area contributed by atoms with E-state index < -0.39 is 0 Å². The standard InChI is InChI=1S/C19H14Cl2N4O/c20-14-5-6-16(15(21)9-14)24-18(26)13-10-22-19(23-11-13)25-8-7-12-3-1-2-4-17(12)25/h1-6,9-11H,7-8H2,(H,24,26). The van der Waals surface area contributed by atoms with E-state index in [0.29, 0.717) is 27.2 Å². The molecule has 4 rings (SSSR count). The molecular formula is C19H14Cl2N4O. The average Bonchev–Trinajstić information content (AvgIpc) is 3.08. The average molecular weight is 385 g/mol. The van der Waals surface area contributed by atoms with E-state index in [1.807, 2.05) is 17.0 Å². The number of carbonyl (C=O) groups excluding carboxylic acids is 1. The highest BCUT2D eigenvalue weighted by Crippen LogP contribution is 2.32. The van der Waals surface area contributed by atoms with Gasteiger partial charge < -0.3 is 10.2 Å². The van der Waals surface area contributed by atoms with Gasteiger partial charge >= 0.3 is 0 Å². The minimum absolute atomic E-state index is 0.331. The highest BCUT2D eigenvalue weighted by molar-refractivity contribution is 6.36. The first kappa shape index (κ1) is 16.8. The van der Waals surface area contributed by atoms with Crippen LogP contribution >= 0.6 is 23.2 Å². The SMILES string of the molecule is O=C(Nc1ccc(Cl)cc1Cl)c1cnc(N2CCc3ccccc32)nc1. The van der Waals surface area contributed by atoms with Gasteiger partial charge in [-0.1, -0.05) is 41.4 Å². The predicted molar refractivity (Wildman–Crippen MR) is 104 cm³/mol. The minimum atomic E-state index is -0.331. The molecule has 3 aromatic rings. The van der Waals surface area contributed by atoms with Crippen LogP contribution in [-0.2, 0) is 6.42 Å². The topological polar surface area (TPSA) is 58.1 Å². The van der Waals surface area contributed by atoms with Crippen LogP contribution in [0.25, 0.3) is 0 Å². The molecular weight excluding hydrogens is 371 g/mol. The molecule has 2 aromatic carbocycles. The van der Waals surface area contributed by atoms with Crippen LogP contribution < -0.4 is 10.2 Å². The van der Waals surface area contributed by atoms with Crippen LogP contribution in [0.4, 0.5) is 17.3 Å². The molecule has 0 radical (unpaired) electrons. The first-order valence-electron chi connectivity index (χ1n) is 8.06. The van der Waals surface area contributed by atoms with Gasteiger partial charge in [0.25, 0.3) is 5.91 Å². The zero-order valence-corrected chi connectivity index (χ0v) is 15.1. The van der Waals surface area contributed by atoms with Crippen LogP contribution in [0.2, 0.25) is 10.0 Å². The number of benzene rings is 2. The lowest BCUT2D eigenvalue weighted by molar-refractivity contribution is 0.102. The number of halogens is 2. The van der Waals surface area contributed by atoms with Crippen molar-refractivity contribution >= 4 is 46.4 Å². The van der Waals surface area contributed by atoms with Gasteiger partial charge in [-0.15, -0.1) is 0 Å². The molecule has 26 heavy (non-hydrogen) atoms. The van der Waals surface area contributed by atoms with Crippen LogP contribution in [0.3, 0.4) is 0 Å². The van der Waals surface area contributed by atoms with Crippen LogP contribution in [0.1, 0.15) is 15.9 Å². The number of aromatic nitrogens is 2. The van der Waals surface area contributed by atoms with Crippen molar-refractivity contribution in [1.82, 2.24) is 9.97 Å². The molecule has 7 heteroatoms. The molecule has 130 valence electrons. The molecule has 1 aliphatic rings. The van der Waals surface area contributed by atoms with Crippen LogP contribution in [0.15, 0.2) is 54.9 Å². The lowest BCUT2D eigenvalue weighted by Crippen LogP contribution is -2.18. The molecule has 0 bridgehead atoms. The highest BCUT2D eigenvalue weighted by Gasteiger charge is 2.22. The number of hydrogen-bond donors (Lipinski definition) is 1. The Bertz CT molecular complexity index is 976. The molecule has 1 amide bonds. The minimum Gasteiger partial charge on any atom is -0.321 e. The maximum atomic E-state index is 12.4. The summed E-state index contributed by atoms with van der Waals surface area (Å²) in [7, 11) is 0. The second-order valence-electron chi connectivity index (χ2n) is 5.88. The zero-order chi connectivity index (χ0) is 18.1. The molecule has 0 saturated carbocycles. The fourth-order valence-corrected chi connectivity index (χ4v) is 3.36. The lowest BCUT2D eigenvalue weighted by atomic mass is 10.2. The number of hydrogen-bond acceptors (Lipinski definition) is 4. The summed E-state index contributed by atoms with van der Waals surface area (Å²) in [6.45, 7) is 0.825. The van der Waals surface area contributed by atoms with E-state index in [4.69, 9.17) is 23.2 Å². The van der Waals surface area contributed by atoms with Crippen molar-refractivity contribution in [2.24, 2.45) is 0 Å². The Morgan fingerprint density at radius 1 is 1.08 bits per heavy atom. The van der Waals surface area contributed by atoms with E-state index in [-0.39, 0.29) is 5.91 Å². The number of carbonyl (C=O) groups is 1. The Balaban J connectivity index is 1.52. The number of nitrogens with one attached hydrogen (secondary N) is 1. The van der Waals surface area contributed by atoms with Crippen LogP contribution in [-0.4, -0.2) is 22.4 Å². The number of nitrogens with zero attached hydrogens (tertiary/aromatic N) is 3. The van der Waals surface area contributed by atoms with Crippen molar-refractivity contribution in [2.45, 2.75) is 6.42 Å². The van der Waals surface area contributed by atoms with Crippen molar-refractivity contribution in [3.05, 3.63) is 76.0 Å². The highest BCUT2D eigenvalue weighted by atomic mass is 35.5. The summed E-state index contributed by atoms with van der Waals surface area (Å²) in [4.78, 5) is 23.2. The van der Waals surface area contributed by atoms with Crippen LogP contribution in [0.5, 0.6) is 0 Å². The third kappa shape index (κ3) is 3.23. The Kier molecular flexibility index (Phi) is 4.49. The Labute approximate surface area is 160 Å². The van der Waals surface area contributed by atoms with Gasteiger partial charge in [-0.3, -0.25) is 4.79 Å². The maximum Gasteiger partial charge on any atom is 0.258 e. The largest absolute Gasteiger partial charge is 0.321 e. The van der Waals surface area contributed by atoms with E-state index in [1.54, 1.807) is 18.2 Å². The fourth-order valence-electron chi connectivity index (χ4n) is 2.91. The molecule has 0 fully saturated rings. The molecule has 1 aromatic heterocycles. The van der Waals surface area contributed by atoms with Gasteiger partial charge in [0.2, 0.25) is 5.95 Å². The second-order valence-corrected chi connectivity index (χ2v) is 6.72. The van der Waals surface area contributed by atoms with Crippen molar-refractivity contribution < 1.29 is 4.79 Å². The molecule has 5 nitrogen and oxygen atoms in total.